The number of methoxy groups -OCH3 is 1. The molecular weight excluding hydrogens is 257 g/mol. The Labute approximate surface area is 118 Å². The average molecular weight is 275 g/mol. The third kappa shape index (κ3) is 2.87. The summed E-state index contributed by atoms with van der Waals surface area (Å²) in [6.45, 7) is 4.04. The Hall–Kier alpha value is -2.17. The average Bonchev–Trinajstić information content (AvgIpc) is 2.46. The van der Waals surface area contributed by atoms with Gasteiger partial charge in [0, 0.05) is 24.6 Å². The summed E-state index contributed by atoms with van der Waals surface area (Å²) >= 11 is 0. The van der Waals surface area contributed by atoms with Crippen molar-refractivity contribution in [3.05, 3.63) is 35.9 Å². The summed E-state index contributed by atoms with van der Waals surface area (Å²) in [4.78, 5) is 8.88. The number of halogens is 1. The lowest BCUT2D eigenvalue weighted by molar-refractivity contribution is 0.386. The number of benzene rings is 1. The zero-order valence-corrected chi connectivity index (χ0v) is 12.1. The lowest BCUT2D eigenvalue weighted by Gasteiger charge is -2.10. The van der Waals surface area contributed by atoms with E-state index in [0.29, 0.717) is 11.3 Å². The molecule has 0 amide bonds. The maximum atomic E-state index is 13.8. The van der Waals surface area contributed by atoms with Crippen molar-refractivity contribution in [1.82, 2.24) is 9.97 Å². The van der Waals surface area contributed by atoms with E-state index in [1.54, 1.807) is 25.2 Å². The molecule has 0 spiro atoms. The minimum Gasteiger partial charge on any atom is -0.494 e. The lowest BCUT2D eigenvalue weighted by Crippen LogP contribution is -2.03. The fraction of sp³-hybridized carbons (Fsp3) is 0.333. The number of hydrogen-bond donors (Lipinski definition) is 1. The molecule has 0 saturated carbocycles. The summed E-state index contributed by atoms with van der Waals surface area (Å²) in [6.07, 6.45) is 0. The van der Waals surface area contributed by atoms with Gasteiger partial charge < -0.3 is 10.1 Å². The van der Waals surface area contributed by atoms with Crippen molar-refractivity contribution in [3.8, 4) is 17.0 Å². The van der Waals surface area contributed by atoms with Crippen LogP contribution in [0.15, 0.2) is 24.3 Å². The van der Waals surface area contributed by atoms with Gasteiger partial charge >= 0.3 is 0 Å². The predicted molar refractivity (Wildman–Crippen MR) is 77.6 cm³/mol. The predicted octanol–water partition coefficient (Wildman–Crippen LogP) is 3.46. The van der Waals surface area contributed by atoms with Crippen LogP contribution in [0.25, 0.3) is 11.3 Å². The van der Waals surface area contributed by atoms with Crippen LogP contribution < -0.4 is 10.1 Å². The standard InChI is InChI=1S/C15H18FN3O/c1-9(2)15-18-12(8-14(17-3)19-15)10-5-6-13(20-4)11(16)7-10/h5-9H,1-4H3,(H,17,18,19). The van der Waals surface area contributed by atoms with Crippen molar-refractivity contribution in [3.63, 3.8) is 0 Å². The molecule has 1 N–H and O–H groups in total. The van der Waals surface area contributed by atoms with Gasteiger partial charge in [-0.1, -0.05) is 13.8 Å². The van der Waals surface area contributed by atoms with Gasteiger partial charge in [0.1, 0.15) is 11.6 Å². The van der Waals surface area contributed by atoms with Gasteiger partial charge in [-0.25, -0.2) is 14.4 Å². The van der Waals surface area contributed by atoms with E-state index in [-0.39, 0.29) is 11.7 Å². The second-order valence-corrected chi connectivity index (χ2v) is 4.75. The molecule has 0 atom stereocenters. The molecule has 2 aromatic rings. The Balaban J connectivity index is 2.51. The van der Waals surface area contributed by atoms with E-state index in [2.05, 4.69) is 15.3 Å². The number of ether oxygens (including phenoxy) is 1. The number of anilines is 1. The molecule has 106 valence electrons. The highest BCUT2D eigenvalue weighted by molar-refractivity contribution is 5.63. The molecule has 1 heterocycles. The van der Waals surface area contributed by atoms with E-state index in [9.17, 15) is 4.39 Å². The van der Waals surface area contributed by atoms with Crippen molar-refractivity contribution >= 4 is 5.82 Å². The van der Waals surface area contributed by atoms with E-state index < -0.39 is 5.82 Å². The molecule has 20 heavy (non-hydrogen) atoms. The Kier molecular flexibility index (Phi) is 4.17. The zero-order valence-electron chi connectivity index (χ0n) is 12.1. The van der Waals surface area contributed by atoms with Crippen LogP contribution in [0, 0.1) is 5.82 Å². The largest absolute Gasteiger partial charge is 0.494 e. The molecule has 0 aliphatic carbocycles. The molecule has 0 unspecified atom stereocenters. The first-order chi connectivity index (χ1) is 9.55. The van der Waals surface area contributed by atoms with Crippen molar-refractivity contribution in [2.24, 2.45) is 0 Å². The van der Waals surface area contributed by atoms with Gasteiger partial charge in [0.05, 0.1) is 12.8 Å². The van der Waals surface area contributed by atoms with E-state index in [4.69, 9.17) is 4.74 Å². The first-order valence-electron chi connectivity index (χ1n) is 6.45. The van der Waals surface area contributed by atoms with E-state index in [1.807, 2.05) is 13.8 Å². The Morgan fingerprint density at radius 1 is 1.20 bits per heavy atom. The molecule has 2 rings (SSSR count). The summed E-state index contributed by atoms with van der Waals surface area (Å²) in [5.74, 6) is 1.46. The number of nitrogens with one attached hydrogen (secondary N) is 1. The monoisotopic (exact) mass is 275 g/mol. The molecule has 1 aromatic carbocycles. The van der Waals surface area contributed by atoms with Crippen molar-refractivity contribution < 1.29 is 9.13 Å². The molecular formula is C15H18FN3O. The third-order valence-corrected chi connectivity index (χ3v) is 2.96. The fourth-order valence-electron chi connectivity index (χ4n) is 1.83. The Bertz CT molecular complexity index is 614. The van der Waals surface area contributed by atoms with E-state index in [0.717, 1.165) is 11.6 Å². The molecule has 0 bridgehead atoms. The van der Waals surface area contributed by atoms with Gasteiger partial charge in [0.2, 0.25) is 0 Å². The van der Waals surface area contributed by atoms with Crippen LogP contribution in [-0.4, -0.2) is 24.1 Å². The minimum atomic E-state index is -0.402. The maximum Gasteiger partial charge on any atom is 0.165 e. The van der Waals surface area contributed by atoms with Crippen LogP contribution in [0.2, 0.25) is 0 Å². The maximum absolute atomic E-state index is 13.8. The van der Waals surface area contributed by atoms with Gasteiger partial charge in [0.15, 0.2) is 11.6 Å². The summed E-state index contributed by atoms with van der Waals surface area (Å²) in [5.41, 5.74) is 1.39. The Morgan fingerprint density at radius 2 is 1.95 bits per heavy atom. The number of rotatable bonds is 4. The minimum absolute atomic E-state index is 0.199. The van der Waals surface area contributed by atoms with E-state index >= 15 is 0 Å². The normalized spacial score (nSPS) is 10.7. The molecule has 4 nitrogen and oxygen atoms in total. The lowest BCUT2D eigenvalue weighted by atomic mass is 10.1. The van der Waals surface area contributed by atoms with Crippen LogP contribution in [0.3, 0.4) is 0 Å². The highest BCUT2D eigenvalue weighted by atomic mass is 19.1. The zero-order chi connectivity index (χ0) is 14.7. The highest BCUT2D eigenvalue weighted by Crippen LogP contribution is 2.26. The summed E-state index contributed by atoms with van der Waals surface area (Å²) < 4.78 is 18.7. The second-order valence-electron chi connectivity index (χ2n) is 4.75. The van der Waals surface area contributed by atoms with Crippen LogP contribution >= 0.6 is 0 Å². The highest BCUT2D eigenvalue weighted by Gasteiger charge is 2.11. The second kappa shape index (κ2) is 5.86. The SMILES string of the molecule is CNc1cc(-c2ccc(OC)c(F)c2)nc(C(C)C)n1. The molecule has 0 fully saturated rings. The molecule has 0 radical (unpaired) electrons. The molecule has 0 aliphatic rings. The van der Waals surface area contributed by atoms with Crippen LogP contribution in [0.4, 0.5) is 10.2 Å². The van der Waals surface area contributed by atoms with Gasteiger partial charge in [-0.3, -0.25) is 0 Å². The van der Waals surface area contributed by atoms with Crippen molar-refractivity contribution in [1.29, 1.82) is 0 Å². The molecule has 1 aromatic heterocycles. The summed E-state index contributed by atoms with van der Waals surface area (Å²) in [5, 5.41) is 3.00. The number of nitrogens with zero attached hydrogens (tertiary/aromatic N) is 2. The smallest absolute Gasteiger partial charge is 0.165 e. The quantitative estimate of drug-likeness (QED) is 0.928. The van der Waals surface area contributed by atoms with Gasteiger partial charge in [-0.05, 0) is 18.2 Å². The van der Waals surface area contributed by atoms with Crippen LogP contribution in [-0.2, 0) is 0 Å². The van der Waals surface area contributed by atoms with Gasteiger partial charge in [0.25, 0.3) is 0 Å². The molecule has 0 aliphatic heterocycles. The fourth-order valence-corrected chi connectivity index (χ4v) is 1.83. The number of hydrogen-bond acceptors (Lipinski definition) is 4. The van der Waals surface area contributed by atoms with Gasteiger partial charge in [-0.2, -0.15) is 0 Å². The first kappa shape index (κ1) is 14.2. The van der Waals surface area contributed by atoms with Crippen LogP contribution in [0.5, 0.6) is 5.75 Å². The third-order valence-electron chi connectivity index (χ3n) is 2.96. The number of aromatic nitrogens is 2. The van der Waals surface area contributed by atoms with Crippen LogP contribution in [0.1, 0.15) is 25.6 Å². The van der Waals surface area contributed by atoms with E-state index in [1.165, 1.54) is 13.2 Å². The van der Waals surface area contributed by atoms with Crippen molar-refractivity contribution in [2.45, 2.75) is 19.8 Å². The summed E-state index contributed by atoms with van der Waals surface area (Å²) in [6, 6.07) is 6.60. The topological polar surface area (TPSA) is 47.0 Å². The Morgan fingerprint density at radius 3 is 2.50 bits per heavy atom. The summed E-state index contributed by atoms with van der Waals surface area (Å²) in [7, 11) is 3.24. The first-order valence-corrected chi connectivity index (χ1v) is 6.45. The van der Waals surface area contributed by atoms with Gasteiger partial charge in [-0.15, -0.1) is 0 Å². The van der Waals surface area contributed by atoms with Crippen molar-refractivity contribution in [2.75, 3.05) is 19.5 Å². The molecule has 5 heteroatoms. The molecule has 0 saturated heterocycles.